The molecule has 110 valence electrons. The van der Waals surface area contributed by atoms with Gasteiger partial charge >= 0.3 is 0 Å². The van der Waals surface area contributed by atoms with Crippen LogP contribution >= 0.6 is 22.6 Å². The Kier molecular flexibility index (Phi) is 14.5. The van der Waals surface area contributed by atoms with Gasteiger partial charge < -0.3 is 0 Å². The lowest BCUT2D eigenvalue weighted by molar-refractivity contribution is 0.614. The van der Waals surface area contributed by atoms with Gasteiger partial charge in [0.2, 0.25) is 0 Å². The van der Waals surface area contributed by atoms with Crippen LogP contribution in [0.15, 0.2) is 9.15 Å². The Morgan fingerprint density at radius 1 is 0.842 bits per heavy atom. The molecule has 0 amide bonds. The summed E-state index contributed by atoms with van der Waals surface area (Å²) in [6.45, 7) is 6.74. The lowest BCUT2D eigenvalue weighted by Gasteiger charge is -2.02. The highest BCUT2D eigenvalue weighted by molar-refractivity contribution is 14.1. The Balaban J connectivity index is 3.89. The third-order valence-electron chi connectivity index (χ3n) is 3.33. The lowest BCUT2D eigenvalue weighted by Crippen LogP contribution is -1.83. The molecule has 0 aromatic carbocycles. The first-order chi connectivity index (χ1) is 9.26. The van der Waals surface area contributed by atoms with Crippen molar-refractivity contribution in [3.05, 3.63) is 9.15 Å². The number of unbranched alkanes of at least 4 members (excludes halogenated alkanes) is 7. The first-order valence-electron chi connectivity index (χ1n) is 8.12. The van der Waals surface area contributed by atoms with E-state index >= 15 is 0 Å². The second-order valence-electron chi connectivity index (χ2n) is 5.16. The van der Waals surface area contributed by atoms with Gasteiger partial charge in [-0.3, -0.25) is 0 Å². The van der Waals surface area contributed by atoms with Crippen LogP contribution in [0.3, 0.4) is 0 Å². The predicted molar refractivity (Wildman–Crippen MR) is 96.6 cm³/mol. The van der Waals surface area contributed by atoms with Crippen molar-refractivity contribution in [3.63, 3.8) is 0 Å². The number of hydrogen-bond acceptors (Lipinski definition) is 0. The van der Waals surface area contributed by atoms with Gasteiger partial charge in [-0.25, -0.2) is 0 Å². The fraction of sp³-hybridized carbons (Fsp3) is 0.778. The highest BCUT2D eigenvalue weighted by Gasteiger charge is 1.98. The molecular formula is C18H31I. The number of allylic oxidation sites excluding steroid dienone is 2. The molecule has 0 atom stereocenters. The SMILES string of the molecule is CCCCCCCCC#CC(CC)=C(I)CCCC. The molecule has 0 aliphatic rings. The maximum absolute atomic E-state index is 3.40. The molecule has 0 aliphatic carbocycles. The van der Waals surface area contributed by atoms with Gasteiger partial charge in [0.15, 0.2) is 0 Å². The van der Waals surface area contributed by atoms with E-state index in [1.165, 1.54) is 66.9 Å². The van der Waals surface area contributed by atoms with Crippen molar-refractivity contribution in [1.82, 2.24) is 0 Å². The summed E-state index contributed by atoms with van der Waals surface area (Å²) in [6, 6.07) is 0. The summed E-state index contributed by atoms with van der Waals surface area (Å²) in [4.78, 5) is 0. The summed E-state index contributed by atoms with van der Waals surface area (Å²) in [5.74, 6) is 6.77. The first-order valence-corrected chi connectivity index (χ1v) is 9.20. The zero-order valence-corrected chi connectivity index (χ0v) is 15.3. The second-order valence-corrected chi connectivity index (χ2v) is 6.46. The van der Waals surface area contributed by atoms with Gasteiger partial charge in [0, 0.05) is 15.6 Å². The largest absolute Gasteiger partial charge is 0.0982 e. The Bertz CT molecular complexity index is 291. The van der Waals surface area contributed by atoms with Gasteiger partial charge in [-0.15, -0.1) is 0 Å². The fourth-order valence-electron chi connectivity index (χ4n) is 1.99. The standard InChI is InChI=1S/C18H31I/c1-4-7-9-10-11-12-13-14-15-17(6-3)18(19)16-8-5-2/h4-13,16H2,1-3H3. The van der Waals surface area contributed by atoms with Crippen LogP contribution in [0.25, 0.3) is 0 Å². The average molecular weight is 374 g/mol. The quantitative estimate of drug-likeness (QED) is 0.219. The summed E-state index contributed by atoms with van der Waals surface area (Å²) in [5, 5.41) is 0. The number of halogens is 1. The van der Waals surface area contributed by atoms with Gasteiger partial charge in [-0.05, 0) is 48.3 Å². The van der Waals surface area contributed by atoms with Gasteiger partial charge in [0.25, 0.3) is 0 Å². The van der Waals surface area contributed by atoms with Crippen LogP contribution < -0.4 is 0 Å². The summed E-state index contributed by atoms with van der Waals surface area (Å²) in [6.07, 6.45) is 14.1. The van der Waals surface area contributed by atoms with Crippen molar-refractivity contribution in [3.8, 4) is 11.8 Å². The molecule has 0 spiro atoms. The predicted octanol–water partition coefficient (Wildman–Crippen LogP) is 7.03. The van der Waals surface area contributed by atoms with E-state index in [1.807, 2.05) is 0 Å². The molecule has 0 N–H and O–H groups in total. The highest BCUT2D eigenvalue weighted by atomic mass is 127. The van der Waals surface area contributed by atoms with Crippen LogP contribution in [0.4, 0.5) is 0 Å². The van der Waals surface area contributed by atoms with Gasteiger partial charge in [-0.2, -0.15) is 0 Å². The first kappa shape index (κ1) is 19.0. The van der Waals surface area contributed by atoms with E-state index in [-0.39, 0.29) is 0 Å². The summed E-state index contributed by atoms with van der Waals surface area (Å²) in [5.41, 5.74) is 1.38. The Hall–Kier alpha value is 0.0300. The molecule has 0 saturated carbocycles. The zero-order valence-electron chi connectivity index (χ0n) is 13.2. The maximum Gasteiger partial charge on any atom is 0.0110 e. The Morgan fingerprint density at radius 3 is 2.11 bits per heavy atom. The van der Waals surface area contributed by atoms with Gasteiger partial charge in [-0.1, -0.05) is 71.1 Å². The second kappa shape index (κ2) is 14.4. The van der Waals surface area contributed by atoms with Crippen molar-refractivity contribution in [2.75, 3.05) is 0 Å². The third-order valence-corrected chi connectivity index (χ3v) is 4.52. The molecule has 19 heavy (non-hydrogen) atoms. The normalized spacial score (nSPS) is 11.8. The molecule has 0 rings (SSSR count). The Morgan fingerprint density at radius 2 is 1.47 bits per heavy atom. The monoisotopic (exact) mass is 374 g/mol. The van der Waals surface area contributed by atoms with E-state index in [0.717, 1.165) is 12.8 Å². The summed E-state index contributed by atoms with van der Waals surface area (Å²) >= 11 is 2.49. The van der Waals surface area contributed by atoms with Crippen LogP contribution in [0.5, 0.6) is 0 Å². The fourth-order valence-corrected chi connectivity index (χ4v) is 2.89. The minimum atomic E-state index is 1.08. The van der Waals surface area contributed by atoms with E-state index < -0.39 is 0 Å². The van der Waals surface area contributed by atoms with E-state index in [2.05, 4.69) is 55.2 Å². The molecule has 0 saturated heterocycles. The minimum Gasteiger partial charge on any atom is -0.0982 e. The molecule has 0 aliphatic heterocycles. The number of rotatable bonds is 10. The number of hydrogen-bond donors (Lipinski definition) is 0. The van der Waals surface area contributed by atoms with Crippen LogP contribution in [0.1, 0.15) is 91.4 Å². The van der Waals surface area contributed by atoms with Crippen LogP contribution in [-0.2, 0) is 0 Å². The average Bonchev–Trinajstić information content (AvgIpc) is 2.43. The van der Waals surface area contributed by atoms with Crippen molar-refractivity contribution >= 4 is 22.6 Å². The molecule has 1 heteroatoms. The van der Waals surface area contributed by atoms with E-state index in [9.17, 15) is 0 Å². The minimum absolute atomic E-state index is 1.08. The third kappa shape index (κ3) is 11.5. The van der Waals surface area contributed by atoms with Gasteiger partial charge in [0.1, 0.15) is 0 Å². The van der Waals surface area contributed by atoms with E-state index in [4.69, 9.17) is 0 Å². The topological polar surface area (TPSA) is 0 Å². The molecular weight excluding hydrogens is 343 g/mol. The van der Waals surface area contributed by atoms with Crippen molar-refractivity contribution in [2.45, 2.75) is 91.4 Å². The molecule has 0 unspecified atom stereocenters. The molecule has 0 radical (unpaired) electrons. The van der Waals surface area contributed by atoms with Crippen molar-refractivity contribution in [1.29, 1.82) is 0 Å². The van der Waals surface area contributed by atoms with Crippen LogP contribution in [0, 0.1) is 11.8 Å². The van der Waals surface area contributed by atoms with Crippen molar-refractivity contribution in [2.24, 2.45) is 0 Å². The highest BCUT2D eigenvalue weighted by Crippen LogP contribution is 2.21. The summed E-state index contributed by atoms with van der Waals surface area (Å²) in [7, 11) is 0. The molecule has 0 nitrogen and oxygen atoms in total. The molecule has 0 aromatic rings. The van der Waals surface area contributed by atoms with E-state index in [1.54, 1.807) is 0 Å². The van der Waals surface area contributed by atoms with Crippen molar-refractivity contribution < 1.29 is 0 Å². The lowest BCUT2D eigenvalue weighted by atomic mass is 10.1. The Labute approximate surface area is 135 Å². The summed E-state index contributed by atoms with van der Waals surface area (Å²) < 4.78 is 1.48. The maximum atomic E-state index is 3.40. The molecule has 0 bridgehead atoms. The van der Waals surface area contributed by atoms with E-state index in [0.29, 0.717) is 0 Å². The molecule has 0 heterocycles. The zero-order chi connectivity index (χ0) is 14.3. The van der Waals surface area contributed by atoms with Crippen LogP contribution in [-0.4, -0.2) is 0 Å². The smallest absolute Gasteiger partial charge is 0.0110 e. The van der Waals surface area contributed by atoms with Gasteiger partial charge in [0.05, 0.1) is 0 Å². The van der Waals surface area contributed by atoms with Crippen LogP contribution in [0.2, 0.25) is 0 Å². The molecule has 0 fully saturated rings. The molecule has 0 aromatic heterocycles.